The van der Waals surface area contributed by atoms with Crippen LogP contribution in [0.4, 0.5) is 0 Å². The van der Waals surface area contributed by atoms with Gasteiger partial charge in [-0.05, 0) is 18.6 Å². The van der Waals surface area contributed by atoms with Crippen LogP contribution in [0.3, 0.4) is 0 Å². The van der Waals surface area contributed by atoms with Gasteiger partial charge in [-0.1, -0.05) is 13.3 Å². The highest BCUT2D eigenvalue weighted by Gasteiger charge is 2.16. The van der Waals surface area contributed by atoms with Crippen LogP contribution in [0.2, 0.25) is 0 Å². The first kappa shape index (κ1) is 14.1. The van der Waals surface area contributed by atoms with E-state index in [1.54, 1.807) is 18.5 Å². The monoisotopic (exact) mass is 298 g/mol. The van der Waals surface area contributed by atoms with Crippen LogP contribution in [0.5, 0.6) is 0 Å². The normalized spacial score (nSPS) is 11.0. The van der Waals surface area contributed by atoms with Gasteiger partial charge in [-0.2, -0.15) is 4.52 Å². The van der Waals surface area contributed by atoms with Crippen molar-refractivity contribution in [2.75, 3.05) is 0 Å². The molecule has 3 heterocycles. The molecule has 3 aromatic rings. The Hall–Kier alpha value is -2.90. The lowest BCUT2D eigenvalue weighted by Gasteiger charge is -2.05. The number of fused-ring (bicyclic) bond motifs is 1. The summed E-state index contributed by atoms with van der Waals surface area (Å²) in [4.78, 5) is 19.5. The third-order valence-electron chi connectivity index (χ3n) is 3.11. The highest BCUT2D eigenvalue weighted by atomic mass is 16.4. The zero-order valence-corrected chi connectivity index (χ0v) is 12.0. The summed E-state index contributed by atoms with van der Waals surface area (Å²) in [5.41, 5.74) is 2.02. The summed E-state index contributed by atoms with van der Waals surface area (Å²) < 4.78 is 1.47. The zero-order valence-electron chi connectivity index (χ0n) is 12.0. The van der Waals surface area contributed by atoms with E-state index >= 15 is 0 Å². The fourth-order valence-corrected chi connectivity index (χ4v) is 2.16. The molecule has 8 nitrogen and oxygen atoms in total. The van der Waals surface area contributed by atoms with Crippen molar-refractivity contribution in [2.45, 2.75) is 26.2 Å². The molecule has 0 atom stereocenters. The van der Waals surface area contributed by atoms with Crippen molar-refractivity contribution in [3.8, 4) is 11.4 Å². The minimum atomic E-state index is -0.979. The van der Waals surface area contributed by atoms with Gasteiger partial charge in [0.1, 0.15) is 6.42 Å². The number of carboxylic acids is 1. The second-order valence-electron chi connectivity index (χ2n) is 4.80. The topological polar surface area (TPSA) is 106 Å². The number of aliphatic carboxylic acids is 1. The predicted molar refractivity (Wildman–Crippen MR) is 77.1 cm³/mol. The van der Waals surface area contributed by atoms with Crippen LogP contribution in [0.25, 0.3) is 17.0 Å². The Labute approximate surface area is 125 Å². The number of hydrogen-bond donors (Lipinski definition) is 1. The molecular formula is C14H14N6O2. The second-order valence-corrected chi connectivity index (χ2v) is 4.80. The molecule has 0 saturated carbocycles. The molecule has 0 unspecified atom stereocenters. The molecule has 0 aromatic carbocycles. The van der Waals surface area contributed by atoms with E-state index in [0.717, 1.165) is 17.7 Å². The summed E-state index contributed by atoms with van der Waals surface area (Å²) >= 11 is 0. The molecule has 0 bridgehead atoms. The maximum Gasteiger partial charge on any atom is 0.311 e. The van der Waals surface area contributed by atoms with Gasteiger partial charge in [0.25, 0.3) is 0 Å². The van der Waals surface area contributed by atoms with E-state index in [1.807, 2.05) is 13.0 Å². The Balaban J connectivity index is 2.19. The van der Waals surface area contributed by atoms with Crippen LogP contribution in [-0.4, -0.2) is 40.9 Å². The molecule has 112 valence electrons. The summed E-state index contributed by atoms with van der Waals surface area (Å²) in [5.74, 6) is -0.212. The maximum atomic E-state index is 10.9. The van der Waals surface area contributed by atoms with E-state index in [-0.39, 0.29) is 12.2 Å². The Bertz CT molecular complexity index is 815. The molecule has 8 heteroatoms. The van der Waals surface area contributed by atoms with Crippen LogP contribution in [0, 0.1) is 0 Å². The number of carbonyl (C=O) groups is 1. The molecular weight excluding hydrogens is 284 g/mol. The molecule has 3 rings (SSSR count). The van der Waals surface area contributed by atoms with Gasteiger partial charge in [0.2, 0.25) is 0 Å². The summed E-state index contributed by atoms with van der Waals surface area (Å²) in [7, 11) is 0. The standard InChI is InChI=1S/C14H14N6O2/c1-2-4-10-14-18-17-11(7-12(21)22)20(14)19-13(16-10)9-5-3-6-15-8-9/h3,5-6,8H,2,4,7H2,1H3,(H,21,22). The molecule has 0 aliphatic heterocycles. The molecule has 0 amide bonds. The number of aromatic nitrogens is 6. The number of nitrogens with zero attached hydrogens (tertiary/aromatic N) is 6. The number of rotatable bonds is 5. The third kappa shape index (κ3) is 2.62. The molecule has 0 aliphatic rings. The van der Waals surface area contributed by atoms with Crippen LogP contribution >= 0.6 is 0 Å². The van der Waals surface area contributed by atoms with E-state index in [4.69, 9.17) is 5.11 Å². The molecule has 0 fully saturated rings. The molecule has 0 aliphatic carbocycles. The quantitative estimate of drug-likeness (QED) is 0.753. The van der Waals surface area contributed by atoms with Crippen molar-refractivity contribution in [1.82, 2.24) is 29.8 Å². The van der Waals surface area contributed by atoms with Crippen LogP contribution in [0.15, 0.2) is 24.5 Å². The van der Waals surface area contributed by atoms with Crippen molar-refractivity contribution in [3.05, 3.63) is 36.0 Å². The maximum absolute atomic E-state index is 10.9. The molecule has 3 aromatic heterocycles. The first-order valence-electron chi connectivity index (χ1n) is 6.92. The second kappa shape index (κ2) is 5.84. The zero-order chi connectivity index (χ0) is 15.5. The highest BCUT2D eigenvalue weighted by Crippen LogP contribution is 2.17. The predicted octanol–water partition coefficient (Wildman–Crippen LogP) is 1.16. The fraction of sp³-hybridized carbons (Fsp3) is 0.286. The van der Waals surface area contributed by atoms with E-state index in [2.05, 4.69) is 25.3 Å². The van der Waals surface area contributed by atoms with Crippen molar-refractivity contribution in [3.63, 3.8) is 0 Å². The summed E-state index contributed by atoms with van der Waals surface area (Å²) in [6, 6.07) is 3.65. The van der Waals surface area contributed by atoms with Gasteiger partial charge < -0.3 is 5.11 Å². The van der Waals surface area contributed by atoms with Gasteiger partial charge >= 0.3 is 5.97 Å². The van der Waals surface area contributed by atoms with Gasteiger partial charge in [0, 0.05) is 18.0 Å². The molecule has 0 spiro atoms. The number of hydrogen-bond acceptors (Lipinski definition) is 6. The molecule has 0 saturated heterocycles. The minimum Gasteiger partial charge on any atom is -0.481 e. The van der Waals surface area contributed by atoms with Gasteiger partial charge in [0.15, 0.2) is 17.3 Å². The lowest BCUT2D eigenvalue weighted by molar-refractivity contribution is -0.136. The van der Waals surface area contributed by atoms with Gasteiger partial charge in [-0.25, -0.2) is 4.98 Å². The number of pyridine rings is 1. The average molecular weight is 298 g/mol. The lowest BCUT2D eigenvalue weighted by atomic mass is 10.2. The average Bonchev–Trinajstić information content (AvgIpc) is 2.91. The Morgan fingerprint density at radius 3 is 2.91 bits per heavy atom. The number of carboxylic acid groups (broad SMARTS) is 1. The number of aryl methyl sites for hydroxylation is 1. The Morgan fingerprint density at radius 2 is 2.23 bits per heavy atom. The SMILES string of the molecule is CCCc1nc(-c2cccnc2)nn2c(CC(=O)O)nnc12. The van der Waals surface area contributed by atoms with Crippen molar-refractivity contribution in [2.24, 2.45) is 0 Å². The van der Waals surface area contributed by atoms with Crippen molar-refractivity contribution in [1.29, 1.82) is 0 Å². The van der Waals surface area contributed by atoms with Crippen molar-refractivity contribution < 1.29 is 9.90 Å². The van der Waals surface area contributed by atoms with Crippen LogP contribution < -0.4 is 0 Å². The summed E-state index contributed by atoms with van der Waals surface area (Å²) in [6.45, 7) is 2.04. The first-order valence-corrected chi connectivity index (χ1v) is 6.92. The van der Waals surface area contributed by atoms with Gasteiger partial charge in [0.05, 0.1) is 5.69 Å². The smallest absolute Gasteiger partial charge is 0.311 e. The highest BCUT2D eigenvalue weighted by molar-refractivity contribution is 5.69. The van der Waals surface area contributed by atoms with E-state index in [0.29, 0.717) is 17.9 Å². The first-order chi connectivity index (χ1) is 10.7. The van der Waals surface area contributed by atoms with Gasteiger partial charge in [-0.3, -0.25) is 9.78 Å². The third-order valence-corrected chi connectivity index (χ3v) is 3.11. The van der Waals surface area contributed by atoms with Crippen molar-refractivity contribution >= 4 is 11.6 Å². The van der Waals surface area contributed by atoms with Crippen LogP contribution in [-0.2, 0) is 17.6 Å². The Morgan fingerprint density at radius 1 is 1.36 bits per heavy atom. The van der Waals surface area contributed by atoms with E-state index in [1.165, 1.54) is 4.52 Å². The fourth-order valence-electron chi connectivity index (χ4n) is 2.16. The molecule has 1 N–H and O–H groups in total. The van der Waals surface area contributed by atoms with E-state index < -0.39 is 5.97 Å². The summed E-state index contributed by atoms with van der Waals surface area (Å²) in [5, 5.41) is 21.3. The lowest BCUT2D eigenvalue weighted by Crippen LogP contribution is -2.10. The molecule has 22 heavy (non-hydrogen) atoms. The summed E-state index contributed by atoms with van der Waals surface area (Å²) in [6.07, 6.45) is 4.70. The van der Waals surface area contributed by atoms with E-state index in [9.17, 15) is 4.79 Å². The van der Waals surface area contributed by atoms with Crippen LogP contribution in [0.1, 0.15) is 24.9 Å². The minimum absolute atomic E-state index is 0.240. The largest absolute Gasteiger partial charge is 0.481 e. The molecule has 0 radical (unpaired) electrons. The van der Waals surface area contributed by atoms with Gasteiger partial charge in [-0.15, -0.1) is 15.3 Å². The Kier molecular flexibility index (Phi) is 3.73.